The summed E-state index contributed by atoms with van der Waals surface area (Å²) in [5, 5.41) is 19.3. The number of rotatable bonds is 7. The van der Waals surface area contributed by atoms with E-state index in [1.54, 1.807) is 0 Å². The molecule has 0 atom stereocenters. The molecule has 19 heavy (non-hydrogen) atoms. The summed E-state index contributed by atoms with van der Waals surface area (Å²) in [5.74, 6) is 0.681. The van der Waals surface area contributed by atoms with Crippen LogP contribution >= 0.6 is 11.6 Å². The van der Waals surface area contributed by atoms with Gasteiger partial charge in [-0.3, -0.25) is 10.1 Å². The first kappa shape index (κ1) is 15.1. The molecule has 1 aromatic carbocycles. The van der Waals surface area contributed by atoms with E-state index in [-0.39, 0.29) is 17.3 Å². The normalized spacial score (nSPS) is 9.74. The van der Waals surface area contributed by atoms with Gasteiger partial charge in [-0.25, -0.2) is 0 Å². The van der Waals surface area contributed by atoms with Gasteiger partial charge in [0.2, 0.25) is 0 Å². The number of nitriles is 1. The van der Waals surface area contributed by atoms with Crippen LogP contribution in [0.25, 0.3) is 0 Å². The minimum absolute atomic E-state index is 0.0153. The van der Waals surface area contributed by atoms with E-state index >= 15 is 0 Å². The predicted molar refractivity (Wildman–Crippen MR) is 69.5 cm³/mol. The Morgan fingerprint density at radius 2 is 2.21 bits per heavy atom. The van der Waals surface area contributed by atoms with Crippen LogP contribution < -0.4 is 9.47 Å². The maximum Gasteiger partial charge on any atom is 0.277 e. The molecule has 0 aliphatic carbocycles. The minimum Gasteiger partial charge on any atom is -0.493 e. The van der Waals surface area contributed by atoms with Gasteiger partial charge in [-0.05, 0) is 12.5 Å². The van der Waals surface area contributed by atoms with Crippen molar-refractivity contribution < 1.29 is 14.4 Å². The van der Waals surface area contributed by atoms with Gasteiger partial charge in [0.05, 0.1) is 36.7 Å². The third-order valence-corrected chi connectivity index (χ3v) is 2.68. The number of benzene rings is 1. The Labute approximate surface area is 115 Å². The topological polar surface area (TPSA) is 85.4 Å². The van der Waals surface area contributed by atoms with Gasteiger partial charge in [-0.1, -0.05) is 0 Å². The molecule has 0 aliphatic heterocycles. The zero-order valence-corrected chi connectivity index (χ0v) is 11.1. The quantitative estimate of drug-likeness (QED) is 0.332. The van der Waals surface area contributed by atoms with Crippen LogP contribution in [0.5, 0.6) is 11.5 Å². The molecule has 0 spiro atoms. The van der Waals surface area contributed by atoms with Crippen LogP contribution in [0.3, 0.4) is 0 Å². The number of hydrogen-bond acceptors (Lipinski definition) is 5. The van der Waals surface area contributed by atoms with Gasteiger partial charge in [0.25, 0.3) is 5.69 Å². The molecule has 102 valence electrons. The first-order chi connectivity index (χ1) is 9.13. The smallest absolute Gasteiger partial charge is 0.277 e. The molecule has 0 aromatic heterocycles. The van der Waals surface area contributed by atoms with E-state index < -0.39 is 4.92 Å². The number of ether oxygens (including phenoxy) is 2. The highest BCUT2D eigenvalue weighted by Crippen LogP contribution is 2.35. The lowest BCUT2D eigenvalue weighted by Gasteiger charge is -2.11. The van der Waals surface area contributed by atoms with Gasteiger partial charge in [-0.2, -0.15) is 5.26 Å². The Morgan fingerprint density at radius 1 is 1.47 bits per heavy atom. The Balaban J connectivity index is 2.98. The fourth-order valence-corrected chi connectivity index (χ4v) is 1.69. The molecule has 1 rings (SSSR count). The van der Waals surface area contributed by atoms with Crippen LogP contribution in [-0.2, 0) is 5.88 Å². The Morgan fingerprint density at radius 3 is 2.74 bits per heavy atom. The first-order valence-electron chi connectivity index (χ1n) is 5.55. The zero-order valence-electron chi connectivity index (χ0n) is 10.4. The van der Waals surface area contributed by atoms with Gasteiger partial charge in [0.1, 0.15) is 0 Å². The van der Waals surface area contributed by atoms with Crippen molar-refractivity contribution in [2.45, 2.75) is 18.7 Å². The molecule has 0 saturated heterocycles. The molecule has 0 N–H and O–H groups in total. The Bertz CT molecular complexity index is 499. The lowest BCUT2D eigenvalue weighted by Crippen LogP contribution is -2.02. The van der Waals surface area contributed by atoms with Crippen molar-refractivity contribution in [3.8, 4) is 17.6 Å². The monoisotopic (exact) mass is 284 g/mol. The number of unbranched alkanes of at least 4 members (excludes halogenated alkanes) is 1. The number of nitrogens with zero attached hydrogens (tertiary/aromatic N) is 2. The summed E-state index contributed by atoms with van der Waals surface area (Å²) >= 11 is 5.67. The molecule has 0 unspecified atom stereocenters. The van der Waals surface area contributed by atoms with Crippen LogP contribution in [-0.4, -0.2) is 18.6 Å². The standard InChI is InChI=1S/C12H13ClN2O4/c1-18-11-6-9(8-13)10(15(16)17)7-12(11)19-5-3-2-4-14/h6-7H,2-3,5,8H2,1H3. The third-order valence-electron chi connectivity index (χ3n) is 2.40. The Kier molecular flexibility index (Phi) is 5.90. The predicted octanol–water partition coefficient (Wildman–Crippen LogP) is 3.02. The van der Waals surface area contributed by atoms with Crippen molar-refractivity contribution in [2.24, 2.45) is 0 Å². The fourth-order valence-electron chi connectivity index (χ4n) is 1.47. The van der Waals surface area contributed by atoms with Gasteiger partial charge in [0.15, 0.2) is 11.5 Å². The maximum absolute atomic E-state index is 10.9. The summed E-state index contributed by atoms with van der Waals surface area (Å²) in [6.45, 7) is 0.293. The minimum atomic E-state index is -0.515. The van der Waals surface area contributed by atoms with E-state index in [1.807, 2.05) is 6.07 Å². The second kappa shape index (κ2) is 7.44. The summed E-state index contributed by atoms with van der Waals surface area (Å²) in [7, 11) is 1.45. The number of methoxy groups -OCH3 is 1. The average Bonchev–Trinajstić information content (AvgIpc) is 2.42. The second-order valence-electron chi connectivity index (χ2n) is 3.63. The second-order valence-corrected chi connectivity index (χ2v) is 3.90. The summed E-state index contributed by atoms with van der Waals surface area (Å²) in [5.41, 5.74) is 0.263. The molecule has 0 amide bonds. The summed E-state index contributed by atoms with van der Waals surface area (Å²) < 4.78 is 10.5. The number of halogens is 1. The van der Waals surface area contributed by atoms with Crippen LogP contribution in [0.1, 0.15) is 18.4 Å². The summed E-state index contributed by atoms with van der Waals surface area (Å²) in [4.78, 5) is 10.4. The number of hydrogen-bond donors (Lipinski definition) is 0. The highest BCUT2D eigenvalue weighted by molar-refractivity contribution is 6.17. The van der Waals surface area contributed by atoms with Crippen LogP contribution in [0, 0.1) is 21.4 Å². The van der Waals surface area contributed by atoms with Crippen LogP contribution in [0.4, 0.5) is 5.69 Å². The first-order valence-corrected chi connectivity index (χ1v) is 6.08. The average molecular weight is 285 g/mol. The maximum atomic E-state index is 10.9. The lowest BCUT2D eigenvalue weighted by molar-refractivity contribution is -0.385. The van der Waals surface area contributed by atoms with Crippen molar-refractivity contribution >= 4 is 17.3 Å². The van der Waals surface area contributed by atoms with E-state index in [0.29, 0.717) is 30.8 Å². The van der Waals surface area contributed by atoms with Gasteiger partial charge >= 0.3 is 0 Å². The molecule has 1 aromatic rings. The van der Waals surface area contributed by atoms with Crippen molar-refractivity contribution in [1.82, 2.24) is 0 Å². The Hall–Kier alpha value is -2.00. The van der Waals surface area contributed by atoms with Crippen molar-refractivity contribution in [1.29, 1.82) is 5.26 Å². The van der Waals surface area contributed by atoms with E-state index in [9.17, 15) is 10.1 Å². The third kappa shape index (κ3) is 4.00. The van der Waals surface area contributed by atoms with Crippen molar-refractivity contribution in [3.05, 3.63) is 27.8 Å². The van der Waals surface area contributed by atoms with Gasteiger partial charge in [0, 0.05) is 12.0 Å². The summed E-state index contributed by atoms with van der Waals surface area (Å²) in [6.07, 6.45) is 0.912. The van der Waals surface area contributed by atoms with Gasteiger partial charge in [-0.15, -0.1) is 11.6 Å². The highest BCUT2D eigenvalue weighted by atomic mass is 35.5. The zero-order chi connectivity index (χ0) is 14.3. The molecule has 0 saturated carbocycles. The highest BCUT2D eigenvalue weighted by Gasteiger charge is 2.19. The lowest BCUT2D eigenvalue weighted by atomic mass is 10.2. The SMILES string of the molecule is COc1cc(CCl)c([N+](=O)[O-])cc1OCCCC#N. The molecular weight excluding hydrogens is 272 g/mol. The van der Waals surface area contributed by atoms with Crippen molar-refractivity contribution in [2.75, 3.05) is 13.7 Å². The molecule has 0 aliphatic rings. The molecular formula is C12H13ClN2O4. The van der Waals surface area contributed by atoms with Gasteiger partial charge < -0.3 is 9.47 Å². The fraction of sp³-hybridized carbons (Fsp3) is 0.417. The largest absolute Gasteiger partial charge is 0.493 e. The van der Waals surface area contributed by atoms with Crippen LogP contribution in [0.2, 0.25) is 0 Å². The van der Waals surface area contributed by atoms with E-state index in [1.165, 1.54) is 19.2 Å². The van der Waals surface area contributed by atoms with Crippen molar-refractivity contribution in [3.63, 3.8) is 0 Å². The van der Waals surface area contributed by atoms with E-state index in [0.717, 1.165) is 0 Å². The molecule has 6 nitrogen and oxygen atoms in total. The number of nitro groups is 1. The molecule has 0 heterocycles. The molecule has 0 radical (unpaired) electrons. The molecule has 0 bridgehead atoms. The molecule has 0 fully saturated rings. The van der Waals surface area contributed by atoms with E-state index in [2.05, 4.69) is 0 Å². The number of alkyl halides is 1. The van der Waals surface area contributed by atoms with E-state index in [4.69, 9.17) is 26.3 Å². The van der Waals surface area contributed by atoms with Crippen LogP contribution in [0.15, 0.2) is 12.1 Å². The number of nitro benzene ring substituents is 1. The molecule has 7 heteroatoms. The summed E-state index contributed by atoms with van der Waals surface area (Å²) in [6, 6.07) is 4.78.